The van der Waals surface area contributed by atoms with Gasteiger partial charge >= 0.3 is 0 Å². The topological polar surface area (TPSA) is 56.4 Å². The van der Waals surface area contributed by atoms with Crippen LogP contribution in [-0.4, -0.2) is 54.4 Å². The van der Waals surface area contributed by atoms with E-state index in [4.69, 9.17) is 0 Å². The molecule has 0 atom stereocenters. The van der Waals surface area contributed by atoms with Gasteiger partial charge in [0.1, 0.15) is 5.56 Å². The molecule has 1 aliphatic rings. The Hall–Kier alpha value is -1.62. The Morgan fingerprint density at radius 3 is 2.60 bits per heavy atom. The Morgan fingerprint density at radius 2 is 2.05 bits per heavy atom. The van der Waals surface area contributed by atoms with Gasteiger partial charge in [-0.15, -0.1) is 0 Å². The predicted molar refractivity (Wildman–Crippen MR) is 79.0 cm³/mol. The van der Waals surface area contributed by atoms with Crippen molar-refractivity contribution in [2.24, 2.45) is 5.92 Å². The Morgan fingerprint density at radius 1 is 1.40 bits per heavy atom. The molecule has 0 aromatic carbocycles. The monoisotopic (exact) mass is 277 g/mol. The van der Waals surface area contributed by atoms with Crippen LogP contribution in [0, 0.1) is 12.8 Å². The average molecular weight is 277 g/mol. The van der Waals surface area contributed by atoms with Gasteiger partial charge in [-0.25, -0.2) is 0 Å². The number of rotatable bonds is 3. The minimum atomic E-state index is -0.193. The second-order valence-electron chi connectivity index (χ2n) is 5.89. The van der Waals surface area contributed by atoms with Crippen molar-refractivity contribution in [3.05, 3.63) is 33.7 Å². The highest BCUT2D eigenvalue weighted by Crippen LogP contribution is 2.18. The van der Waals surface area contributed by atoms with Gasteiger partial charge in [-0.3, -0.25) is 9.59 Å². The number of hydrogen-bond donors (Lipinski definition) is 1. The lowest BCUT2D eigenvalue weighted by Crippen LogP contribution is -2.42. The number of H-pyrrole nitrogens is 1. The fourth-order valence-electron chi connectivity index (χ4n) is 2.75. The van der Waals surface area contributed by atoms with Gasteiger partial charge in [-0.1, -0.05) is 0 Å². The Labute approximate surface area is 119 Å². The number of hydrogen-bond acceptors (Lipinski definition) is 3. The minimum absolute atomic E-state index is 0.144. The number of aromatic nitrogens is 1. The molecule has 2 rings (SSSR count). The zero-order valence-corrected chi connectivity index (χ0v) is 12.5. The largest absolute Gasteiger partial charge is 0.364 e. The summed E-state index contributed by atoms with van der Waals surface area (Å²) in [5.41, 5.74) is 0.833. The number of aryl methyl sites for hydroxylation is 1. The molecule has 1 N–H and O–H groups in total. The first-order valence-corrected chi connectivity index (χ1v) is 7.10. The normalized spacial score (nSPS) is 16.7. The molecule has 1 aromatic heterocycles. The first kappa shape index (κ1) is 14.8. The third kappa shape index (κ3) is 3.48. The Balaban J connectivity index is 2.00. The van der Waals surface area contributed by atoms with Crippen LogP contribution in [0.2, 0.25) is 0 Å². The highest BCUT2D eigenvalue weighted by molar-refractivity contribution is 5.93. The van der Waals surface area contributed by atoms with Gasteiger partial charge in [0.25, 0.3) is 5.91 Å². The molecule has 0 aliphatic carbocycles. The number of nitrogens with one attached hydrogen (secondary N) is 1. The standard InChI is InChI=1S/C15H23N3O2/c1-11-8-14(19)13(9-16-11)15(20)18-6-4-12(5-7-18)10-17(2)3/h8-9,12H,4-7,10H2,1-3H3,(H,16,19). The van der Waals surface area contributed by atoms with E-state index in [-0.39, 0.29) is 16.9 Å². The lowest BCUT2D eigenvalue weighted by molar-refractivity contribution is 0.0676. The van der Waals surface area contributed by atoms with Crippen LogP contribution < -0.4 is 5.43 Å². The summed E-state index contributed by atoms with van der Waals surface area (Å²) in [7, 11) is 4.15. The number of aromatic amines is 1. The van der Waals surface area contributed by atoms with Gasteiger partial charge in [-0.05, 0) is 39.8 Å². The summed E-state index contributed by atoms with van der Waals surface area (Å²) in [6.45, 7) is 4.35. The zero-order chi connectivity index (χ0) is 14.7. The SMILES string of the molecule is Cc1cc(=O)c(C(=O)N2CCC(CN(C)C)CC2)c[nH]1. The van der Waals surface area contributed by atoms with Gasteiger partial charge < -0.3 is 14.8 Å². The molecule has 0 spiro atoms. The van der Waals surface area contributed by atoms with Crippen molar-refractivity contribution in [1.82, 2.24) is 14.8 Å². The number of amides is 1. The van der Waals surface area contributed by atoms with Crippen molar-refractivity contribution in [3.8, 4) is 0 Å². The van der Waals surface area contributed by atoms with E-state index < -0.39 is 0 Å². The maximum atomic E-state index is 12.4. The number of piperidine rings is 1. The van der Waals surface area contributed by atoms with E-state index in [0.717, 1.165) is 38.2 Å². The highest BCUT2D eigenvalue weighted by atomic mass is 16.2. The average Bonchev–Trinajstić information content (AvgIpc) is 2.38. The smallest absolute Gasteiger partial charge is 0.259 e. The summed E-state index contributed by atoms with van der Waals surface area (Å²) in [6, 6.07) is 1.48. The Kier molecular flexibility index (Phi) is 4.60. The number of carbonyl (C=O) groups is 1. The fourth-order valence-corrected chi connectivity index (χ4v) is 2.75. The maximum Gasteiger partial charge on any atom is 0.259 e. The van der Waals surface area contributed by atoms with Crippen molar-refractivity contribution in [3.63, 3.8) is 0 Å². The molecular weight excluding hydrogens is 254 g/mol. The van der Waals surface area contributed by atoms with E-state index >= 15 is 0 Å². The first-order valence-electron chi connectivity index (χ1n) is 7.10. The molecule has 0 radical (unpaired) electrons. The molecule has 0 saturated carbocycles. The molecular formula is C15H23N3O2. The lowest BCUT2D eigenvalue weighted by Gasteiger charge is -2.33. The first-order chi connectivity index (χ1) is 9.47. The van der Waals surface area contributed by atoms with E-state index in [1.807, 2.05) is 6.92 Å². The zero-order valence-electron chi connectivity index (χ0n) is 12.5. The third-order valence-electron chi connectivity index (χ3n) is 3.81. The fraction of sp³-hybridized carbons (Fsp3) is 0.600. The molecule has 1 amide bonds. The molecule has 0 unspecified atom stereocenters. The second kappa shape index (κ2) is 6.22. The lowest BCUT2D eigenvalue weighted by atomic mass is 9.96. The van der Waals surface area contributed by atoms with E-state index in [9.17, 15) is 9.59 Å². The van der Waals surface area contributed by atoms with Crippen LogP contribution >= 0.6 is 0 Å². The molecule has 1 saturated heterocycles. The number of carbonyl (C=O) groups excluding carboxylic acids is 1. The summed E-state index contributed by atoms with van der Waals surface area (Å²) in [5, 5.41) is 0. The van der Waals surface area contributed by atoms with E-state index in [2.05, 4.69) is 24.0 Å². The minimum Gasteiger partial charge on any atom is -0.364 e. The van der Waals surface area contributed by atoms with Crippen LogP contribution in [0.4, 0.5) is 0 Å². The van der Waals surface area contributed by atoms with Crippen molar-refractivity contribution in [2.75, 3.05) is 33.7 Å². The van der Waals surface area contributed by atoms with Crippen LogP contribution in [0.5, 0.6) is 0 Å². The molecule has 110 valence electrons. The van der Waals surface area contributed by atoms with Crippen molar-refractivity contribution >= 4 is 5.91 Å². The molecule has 0 bridgehead atoms. The molecule has 2 heterocycles. The van der Waals surface area contributed by atoms with Gasteiger partial charge in [0.15, 0.2) is 5.43 Å². The number of pyridine rings is 1. The van der Waals surface area contributed by atoms with Crippen LogP contribution in [0.1, 0.15) is 28.9 Å². The summed E-state index contributed by atoms with van der Waals surface area (Å²) in [5.74, 6) is 0.500. The van der Waals surface area contributed by atoms with Gasteiger partial charge in [0.2, 0.25) is 0 Å². The van der Waals surface area contributed by atoms with Crippen LogP contribution in [0.3, 0.4) is 0 Å². The molecule has 5 nitrogen and oxygen atoms in total. The number of nitrogens with zero attached hydrogens (tertiary/aromatic N) is 2. The molecule has 1 aromatic rings. The van der Waals surface area contributed by atoms with Gasteiger partial charge in [0.05, 0.1) is 0 Å². The predicted octanol–water partition coefficient (Wildman–Crippen LogP) is 1.10. The van der Waals surface area contributed by atoms with Crippen molar-refractivity contribution in [1.29, 1.82) is 0 Å². The summed E-state index contributed by atoms with van der Waals surface area (Å²) < 4.78 is 0. The van der Waals surface area contributed by atoms with Crippen LogP contribution in [0.25, 0.3) is 0 Å². The summed E-state index contributed by atoms with van der Waals surface area (Å²) >= 11 is 0. The molecule has 5 heteroatoms. The van der Waals surface area contributed by atoms with E-state index in [1.165, 1.54) is 12.3 Å². The van der Waals surface area contributed by atoms with Gasteiger partial charge in [-0.2, -0.15) is 0 Å². The van der Waals surface area contributed by atoms with E-state index in [0.29, 0.717) is 5.92 Å². The third-order valence-corrected chi connectivity index (χ3v) is 3.81. The molecule has 1 aliphatic heterocycles. The Bertz CT molecular complexity index is 528. The van der Waals surface area contributed by atoms with Crippen molar-refractivity contribution < 1.29 is 4.79 Å². The summed E-state index contributed by atoms with van der Waals surface area (Å²) in [4.78, 5) is 31.1. The van der Waals surface area contributed by atoms with Gasteiger partial charge in [0, 0.05) is 37.6 Å². The van der Waals surface area contributed by atoms with E-state index in [1.54, 1.807) is 4.90 Å². The second-order valence-corrected chi connectivity index (χ2v) is 5.89. The van der Waals surface area contributed by atoms with Crippen LogP contribution in [-0.2, 0) is 0 Å². The number of likely N-dealkylation sites (tertiary alicyclic amines) is 1. The van der Waals surface area contributed by atoms with Crippen LogP contribution in [0.15, 0.2) is 17.1 Å². The quantitative estimate of drug-likeness (QED) is 0.900. The molecule has 1 fully saturated rings. The highest BCUT2D eigenvalue weighted by Gasteiger charge is 2.25. The maximum absolute atomic E-state index is 12.4. The molecule has 20 heavy (non-hydrogen) atoms. The summed E-state index contributed by atoms with van der Waals surface area (Å²) in [6.07, 6.45) is 3.55. The van der Waals surface area contributed by atoms with Crippen molar-refractivity contribution in [2.45, 2.75) is 19.8 Å².